The Morgan fingerprint density at radius 2 is 1.84 bits per heavy atom. The fourth-order valence-electron chi connectivity index (χ4n) is 5.54. The van der Waals surface area contributed by atoms with Crippen LogP contribution in [0.25, 0.3) is 0 Å². The van der Waals surface area contributed by atoms with E-state index in [1.165, 1.54) is 44.2 Å². The van der Waals surface area contributed by atoms with E-state index in [1.807, 2.05) is 0 Å². The van der Waals surface area contributed by atoms with Crippen LogP contribution in [0, 0.1) is 11.7 Å². The minimum atomic E-state index is -0.368. The van der Waals surface area contributed by atoms with Crippen LogP contribution in [0.3, 0.4) is 0 Å². The van der Waals surface area contributed by atoms with Crippen molar-refractivity contribution in [2.45, 2.75) is 89.7 Å². The van der Waals surface area contributed by atoms with Gasteiger partial charge in [0.05, 0.1) is 6.61 Å². The first kappa shape index (κ1) is 22.3. The van der Waals surface area contributed by atoms with E-state index in [-0.39, 0.29) is 24.8 Å². The Balaban J connectivity index is 1.18. The number of benzene rings is 1. The molecule has 1 saturated heterocycles. The number of carbonyl (C=O) groups excluding carboxylic acids is 2. The fourth-order valence-corrected chi connectivity index (χ4v) is 5.54. The molecule has 1 aromatic carbocycles. The summed E-state index contributed by atoms with van der Waals surface area (Å²) in [6.07, 6.45) is 11.1. The SMILES string of the molecule is O=C(CCCCCC(=O)N1CCCC2CCCCC21)Cc1cc(F)cc2c1OCOC2. The third kappa shape index (κ3) is 5.65. The van der Waals surface area contributed by atoms with E-state index in [2.05, 4.69) is 4.90 Å². The van der Waals surface area contributed by atoms with Crippen molar-refractivity contribution in [1.29, 1.82) is 0 Å². The number of ether oxygens (including phenoxy) is 2. The fraction of sp³-hybridized carbons (Fsp3) is 0.680. The van der Waals surface area contributed by atoms with E-state index in [0.29, 0.717) is 54.2 Å². The van der Waals surface area contributed by atoms with Crippen LogP contribution < -0.4 is 4.74 Å². The Morgan fingerprint density at radius 1 is 1.03 bits per heavy atom. The third-order valence-electron chi connectivity index (χ3n) is 7.05. The van der Waals surface area contributed by atoms with E-state index in [1.54, 1.807) is 0 Å². The third-order valence-corrected chi connectivity index (χ3v) is 7.05. The molecule has 0 aromatic heterocycles. The van der Waals surface area contributed by atoms with Gasteiger partial charge in [-0.1, -0.05) is 19.3 Å². The van der Waals surface area contributed by atoms with Crippen LogP contribution in [0.5, 0.6) is 5.75 Å². The van der Waals surface area contributed by atoms with Gasteiger partial charge in [0.2, 0.25) is 5.91 Å². The van der Waals surface area contributed by atoms with E-state index >= 15 is 0 Å². The summed E-state index contributed by atoms with van der Waals surface area (Å²) in [6, 6.07) is 3.26. The van der Waals surface area contributed by atoms with Gasteiger partial charge in [0.25, 0.3) is 0 Å². The zero-order valence-electron chi connectivity index (χ0n) is 18.4. The van der Waals surface area contributed by atoms with Gasteiger partial charge >= 0.3 is 0 Å². The highest BCUT2D eigenvalue weighted by Gasteiger charge is 2.35. The molecule has 0 N–H and O–H groups in total. The molecule has 2 aliphatic heterocycles. The lowest BCUT2D eigenvalue weighted by atomic mass is 9.78. The van der Waals surface area contributed by atoms with Crippen molar-refractivity contribution in [3.8, 4) is 5.75 Å². The van der Waals surface area contributed by atoms with Crippen molar-refractivity contribution in [2.24, 2.45) is 5.92 Å². The summed E-state index contributed by atoms with van der Waals surface area (Å²) in [7, 11) is 0. The van der Waals surface area contributed by atoms with Crippen LogP contribution in [-0.2, 0) is 27.4 Å². The van der Waals surface area contributed by atoms with E-state index < -0.39 is 0 Å². The predicted molar refractivity (Wildman–Crippen MR) is 115 cm³/mol. The summed E-state index contributed by atoms with van der Waals surface area (Å²) < 4.78 is 24.5. The molecule has 6 heteroatoms. The van der Waals surface area contributed by atoms with Gasteiger partial charge in [0.1, 0.15) is 17.3 Å². The zero-order valence-corrected chi connectivity index (χ0v) is 18.4. The summed E-state index contributed by atoms with van der Waals surface area (Å²) in [5.74, 6) is 1.32. The molecule has 0 radical (unpaired) electrons. The van der Waals surface area contributed by atoms with E-state index in [4.69, 9.17) is 9.47 Å². The molecular formula is C25H34FNO4. The minimum Gasteiger partial charge on any atom is -0.467 e. The van der Waals surface area contributed by atoms with Gasteiger partial charge in [-0.2, -0.15) is 0 Å². The highest BCUT2D eigenvalue weighted by Crippen LogP contribution is 2.35. The molecule has 0 bridgehead atoms. The van der Waals surface area contributed by atoms with Gasteiger partial charge in [-0.05, 0) is 56.6 Å². The number of hydrogen-bond donors (Lipinski definition) is 0. The number of ketones is 1. The second-order valence-electron chi connectivity index (χ2n) is 9.28. The summed E-state index contributed by atoms with van der Waals surface area (Å²) in [6.45, 7) is 1.36. The number of piperidine rings is 1. The smallest absolute Gasteiger partial charge is 0.222 e. The highest BCUT2D eigenvalue weighted by molar-refractivity contribution is 5.81. The van der Waals surface area contributed by atoms with Gasteiger partial charge in [-0.25, -0.2) is 4.39 Å². The standard InChI is InChI=1S/C25H34FNO4/c26-21-13-19(25-20(14-21)16-30-17-31-25)15-22(28)9-2-1-3-11-24(29)27-12-6-8-18-7-4-5-10-23(18)27/h13-14,18,23H,1-12,15-17H2. The molecule has 1 saturated carbocycles. The molecule has 1 amide bonds. The number of Topliss-reactive ketones (excluding diaryl/α,β-unsaturated/α-hetero) is 1. The Kier molecular flexibility index (Phi) is 7.59. The number of unbranched alkanes of at least 4 members (excludes halogenated alkanes) is 2. The molecule has 5 nitrogen and oxygen atoms in total. The maximum absolute atomic E-state index is 13.8. The summed E-state index contributed by atoms with van der Waals surface area (Å²) >= 11 is 0. The van der Waals surface area contributed by atoms with Crippen molar-refractivity contribution in [2.75, 3.05) is 13.3 Å². The van der Waals surface area contributed by atoms with Gasteiger partial charge in [-0.3, -0.25) is 9.59 Å². The number of amides is 1. The van der Waals surface area contributed by atoms with Crippen LogP contribution in [0.4, 0.5) is 4.39 Å². The second kappa shape index (κ2) is 10.6. The first-order valence-corrected chi connectivity index (χ1v) is 11.9. The highest BCUT2D eigenvalue weighted by atomic mass is 19.1. The Labute approximate surface area is 184 Å². The van der Waals surface area contributed by atoms with Crippen LogP contribution in [0.2, 0.25) is 0 Å². The number of nitrogens with zero attached hydrogens (tertiary/aromatic N) is 1. The molecule has 31 heavy (non-hydrogen) atoms. The predicted octanol–water partition coefficient (Wildman–Crippen LogP) is 4.94. The molecule has 170 valence electrons. The quantitative estimate of drug-likeness (QED) is 0.548. The van der Waals surface area contributed by atoms with Crippen molar-refractivity contribution >= 4 is 11.7 Å². The van der Waals surface area contributed by atoms with Crippen molar-refractivity contribution in [1.82, 2.24) is 4.90 Å². The number of rotatable bonds is 8. The zero-order chi connectivity index (χ0) is 21.6. The van der Waals surface area contributed by atoms with Crippen LogP contribution in [-0.4, -0.2) is 36.0 Å². The van der Waals surface area contributed by atoms with Gasteiger partial charge in [0.15, 0.2) is 6.79 Å². The number of carbonyl (C=O) groups is 2. The molecule has 2 unspecified atom stereocenters. The molecule has 3 aliphatic rings. The molecule has 2 atom stereocenters. The van der Waals surface area contributed by atoms with Gasteiger partial charge in [-0.15, -0.1) is 0 Å². The lowest BCUT2D eigenvalue weighted by Gasteiger charge is -2.44. The largest absolute Gasteiger partial charge is 0.467 e. The normalized spacial score (nSPS) is 22.9. The van der Waals surface area contributed by atoms with E-state index in [0.717, 1.165) is 32.2 Å². The summed E-state index contributed by atoms with van der Waals surface area (Å²) in [5, 5.41) is 0. The Bertz CT molecular complexity index is 794. The van der Waals surface area contributed by atoms with Crippen LogP contribution in [0.15, 0.2) is 12.1 Å². The average molecular weight is 432 g/mol. The van der Waals surface area contributed by atoms with Crippen LogP contribution in [0.1, 0.15) is 81.8 Å². The maximum atomic E-state index is 13.8. The number of halogens is 1. The molecule has 4 rings (SSSR count). The van der Waals surface area contributed by atoms with E-state index in [9.17, 15) is 14.0 Å². The molecule has 1 aromatic rings. The maximum Gasteiger partial charge on any atom is 0.222 e. The molecule has 1 aliphatic carbocycles. The monoisotopic (exact) mass is 431 g/mol. The van der Waals surface area contributed by atoms with Crippen molar-refractivity contribution < 1.29 is 23.5 Å². The van der Waals surface area contributed by atoms with Crippen LogP contribution >= 0.6 is 0 Å². The number of hydrogen-bond acceptors (Lipinski definition) is 4. The van der Waals surface area contributed by atoms with Crippen molar-refractivity contribution in [3.63, 3.8) is 0 Å². The average Bonchev–Trinajstić information content (AvgIpc) is 2.78. The lowest BCUT2D eigenvalue weighted by Crippen LogP contribution is -2.49. The first-order chi connectivity index (χ1) is 15.1. The van der Waals surface area contributed by atoms with Gasteiger partial charge < -0.3 is 14.4 Å². The molecule has 2 fully saturated rings. The summed E-state index contributed by atoms with van der Waals surface area (Å²) in [4.78, 5) is 27.3. The Hall–Kier alpha value is -1.95. The topological polar surface area (TPSA) is 55.8 Å². The number of likely N-dealkylation sites (tertiary alicyclic amines) is 1. The Morgan fingerprint density at radius 3 is 2.74 bits per heavy atom. The number of fused-ring (bicyclic) bond motifs is 2. The molecule has 0 spiro atoms. The first-order valence-electron chi connectivity index (χ1n) is 11.9. The van der Waals surface area contributed by atoms with Gasteiger partial charge in [0, 0.05) is 43.0 Å². The summed E-state index contributed by atoms with van der Waals surface area (Å²) in [5.41, 5.74) is 1.26. The minimum absolute atomic E-state index is 0.0790. The van der Waals surface area contributed by atoms with Crippen molar-refractivity contribution in [3.05, 3.63) is 29.1 Å². The molecule has 2 heterocycles. The lowest BCUT2D eigenvalue weighted by molar-refractivity contribution is -0.137. The molecular weight excluding hydrogens is 397 g/mol. The second-order valence-corrected chi connectivity index (χ2v) is 9.28.